The standard InChI is InChI=1S/C15H11NO3/c17-15(13-7-2-1-3-8-13)11-10-12-6-4-5-9-14(12)16(18)19/h1-11H. The van der Waals surface area contributed by atoms with Crippen LogP contribution in [0.4, 0.5) is 5.69 Å². The van der Waals surface area contributed by atoms with E-state index in [0.717, 1.165) is 0 Å². The van der Waals surface area contributed by atoms with Crippen molar-refractivity contribution < 1.29 is 9.72 Å². The summed E-state index contributed by atoms with van der Waals surface area (Å²) in [4.78, 5) is 22.2. The van der Waals surface area contributed by atoms with Gasteiger partial charge in [-0.3, -0.25) is 14.9 Å². The highest BCUT2D eigenvalue weighted by Crippen LogP contribution is 2.19. The van der Waals surface area contributed by atoms with Gasteiger partial charge in [-0.05, 0) is 18.2 Å². The Kier molecular flexibility index (Phi) is 3.83. The molecule has 4 nitrogen and oxygen atoms in total. The van der Waals surface area contributed by atoms with E-state index >= 15 is 0 Å². The number of nitrogens with zero attached hydrogens (tertiary/aromatic N) is 1. The average Bonchev–Trinajstić information content (AvgIpc) is 2.46. The van der Waals surface area contributed by atoms with Gasteiger partial charge in [-0.1, -0.05) is 42.5 Å². The molecule has 0 spiro atoms. The Morgan fingerprint density at radius 1 is 1.00 bits per heavy atom. The number of rotatable bonds is 4. The molecule has 0 bridgehead atoms. The van der Waals surface area contributed by atoms with E-state index in [0.29, 0.717) is 11.1 Å². The zero-order valence-corrected chi connectivity index (χ0v) is 10.0. The average molecular weight is 253 g/mol. The number of hydrogen-bond donors (Lipinski definition) is 0. The highest BCUT2D eigenvalue weighted by Gasteiger charge is 2.09. The van der Waals surface area contributed by atoms with Gasteiger partial charge < -0.3 is 0 Å². The van der Waals surface area contributed by atoms with Crippen molar-refractivity contribution >= 4 is 17.5 Å². The zero-order valence-electron chi connectivity index (χ0n) is 10.0. The van der Waals surface area contributed by atoms with Gasteiger partial charge in [0.1, 0.15) is 0 Å². The molecule has 0 N–H and O–H groups in total. The highest BCUT2D eigenvalue weighted by molar-refractivity contribution is 6.06. The minimum Gasteiger partial charge on any atom is -0.289 e. The molecule has 0 amide bonds. The first kappa shape index (κ1) is 12.7. The van der Waals surface area contributed by atoms with Gasteiger partial charge in [0.15, 0.2) is 5.78 Å². The third-order valence-corrected chi connectivity index (χ3v) is 2.61. The molecule has 19 heavy (non-hydrogen) atoms. The summed E-state index contributed by atoms with van der Waals surface area (Å²) in [6.45, 7) is 0. The number of benzene rings is 2. The predicted molar refractivity (Wildman–Crippen MR) is 72.9 cm³/mol. The van der Waals surface area contributed by atoms with Gasteiger partial charge in [0, 0.05) is 11.6 Å². The molecule has 0 aliphatic heterocycles. The maximum Gasteiger partial charge on any atom is 0.276 e. The first-order valence-electron chi connectivity index (χ1n) is 5.69. The maximum absolute atomic E-state index is 11.8. The fraction of sp³-hybridized carbons (Fsp3) is 0. The van der Waals surface area contributed by atoms with Gasteiger partial charge in [0.25, 0.3) is 5.69 Å². The van der Waals surface area contributed by atoms with Crippen LogP contribution in [0.25, 0.3) is 6.08 Å². The smallest absolute Gasteiger partial charge is 0.276 e. The molecule has 0 heterocycles. The summed E-state index contributed by atoms with van der Waals surface area (Å²) in [6.07, 6.45) is 2.81. The molecule has 0 atom stereocenters. The lowest BCUT2D eigenvalue weighted by Gasteiger charge is -1.97. The van der Waals surface area contributed by atoms with E-state index < -0.39 is 4.92 Å². The third-order valence-electron chi connectivity index (χ3n) is 2.61. The van der Waals surface area contributed by atoms with Crippen LogP contribution >= 0.6 is 0 Å². The van der Waals surface area contributed by atoms with Gasteiger partial charge >= 0.3 is 0 Å². The van der Waals surface area contributed by atoms with E-state index in [2.05, 4.69) is 0 Å². The van der Waals surface area contributed by atoms with Crippen molar-refractivity contribution in [3.8, 4) is 0 Å². The molecule has 0 aromatic heterocycles. The van der Waals surface area contributed by atoms with E-state index in [1.807, 2.05) is 6.07 Å². The summed E-state index contributed by atoms with van der Waals surface area (Å²) in [5.74, 6) is -0.182. The summed E-state index contributed by atoms with van der Waals surface area (Å²) < 4.78 is 0. The van der Waals surface area contributed by atoms with Gasteiger partial charge in [-0.15, -0.1) is 0 Å². The first-order chi connectivity index (χ1) is 9.18. The summed E-state index contributed by atoms with van der Waals surface area (Å²) in [6, 6.07) is 15.1. The number of hydrogen-bond acceptors (Lipinski definition) is 3. The fourth-order valence-electron chi connectivity index (χ4n) is 1.66. The van der Waals surface area contributed by atoms with Crippen LogP contribution < -0.4 is 0 Å². The van der Waals surface area contributed by atoms with E-state index in [9.17, 15) is 14.9 Å². The Morgan fingerprint density at radius 3 is 2.32 bits per heavy atom. The SMILES string of the molecule is O=C(C=Cc1ccccc1[N+](=O)[O-])c1ccccc1. The number of nitro groups is 1. The Bertz CT molecular complexity index is 633. The normalized spacial score (nSPS) is 10.5. The Hall–Kier alpha value is -2.75. The van der Waals surface area contributed by atoms with Gasteiger partial charge in [-0.25, -0.2) is 0 Å². The van der Waals surface area contributed by atoms with E-state index in [4.69, 9.17) is 0 Å². The molecule has 2 aromatic rings. The van der Waals surface area contributed by atoms with Crippen LogP contribution in [-0.4, -0.2) is 10.7 Å². The molecule has 2 aromatic carbocycles. The number of para-hydroxylation sites is 1. The Labute approximate surface area is 110 Å². The summed E-state index contributed by atoms with van der Waals surface area (Å²) in [7, 11) is 0. The van der Waals surface area contributed by atoms with Crippen molar-refractivity contribution in [2.24, 2.45) is 0 Å². The predicted octanol–water partition coefficient (Wildman–Crippen LogP) is 3.49. The topological polar surface area (TPSA) is 60.2 Å². The third kappa shape index (κ3) is 3.13. The lowest BCUT2D eigenvalue weighted by Crippen LogP contribution is -1.94. The van der Waals surface area contributed by atoms with E-state index in [1.54, 1.807) is 42.5 Å². The number of carbonyl (C=O) groups is 1. The molecule has 0 saturated carbocycles. The van der Waals surface area contributed by atoms with Crippen LogP contribution in [0, 0.1) is 10.1 Å². The largest absolute Gasteiger partial charge is 0.289 e. The lowest BCUT2D eigenvalue weighted by molar-refractivity contribution is -0.385. The second kappa shape index (κ2) is 5.73. The van der Waals surface area contributed by atoms with Gasteiger partial charge in [0.2, 0.25) is 0 Å². The maximum atomic E-state index is 11.8. The molecule has 0 fully saturated rings. The van der Waals surface area contributed by atoms with E-state index in [1.165, 1.54) is 18.2 Å². The quantitative estimate of drug-likeness (QED) is 0.362. The molecule has 94 valence electrons. The van der Waals surface area contributed by atoms with Crippen molar-refractivity contribution in [3.05, 3.63) is 81.9 Å². The summed E-state index contributed by atoms with van der Waals surface area (Å²) in [5, 5.41) is 10.8. The zero-order chi connectivity index (χ0) is 13.7. The highest BCUT2D eigenvalue weighted by atomic mass is 16.6. The minimum absolute atomic E-state index is 0.0142. The molecular weight excluding hydrogens is 242 g/mol. The molecule has 0 saturated heterocycles. The molecule has 0 aliphatic rings. The van der Waals surface area contributed by atoms with Gasteiger partial charge in [-0.2, -0.15) is 0 Å². The summed E-state index contributed by atoms with van der Waals surface area (Å²) >= 11 is 0. The number of nitro benzene ring substituents is 1. The van der Waals surface area contributed by atoms with Gasteiger partial charge in [0.05, 0.1) is 10.5 Å². The molecule has 0 unspecified atom stereocenters. The van der Waals surface area contributed by atoms with Crippen molar-refractivity contribution in [1.29, 1.82) is 0 Å². The molecule has 0 aliphatic carbocycles. The van der Waals surface area contributed by atoms with Crippen molar-refractivity contribution in [2.75, 3.05) is 0 Å². The van der Waals surface area contributed by atoms with Crippen LogP contribution in [0.3, 0.4) is 0 Å². The fourth-order valence-corrected chi connectivity index (χ4v) is 1.66. The summed E-state index contributed by atoms with van der Waals surface area (Å²) in [5.41, 5.74) is 0.953. The molecular formula is C15H11NO3. The number of allylic oxidation sites excluding steroid dienone is 1. The molecule has 2 rings (SSSR count). The Morgan fingerprint density at radius 2 is 1.63 bits per heavy atom. The van der Waals surface area contributed by atoms with Crippen LogP contribution in [0.2, 0.25) is 0 Å². The van der Waals surface area contributed by atoms with Crippen molar-refractivity contribution in [2.45, 2.75) is 0 Å². The first-order valence-corrected chi connectivity index (χ1v) is 5.69. The van der Waals surface area contributed by atoms with Crippen molar-refractivity contribution in [3.63, 3.8) is 0 Å². The molecule has 4 heteroatoms. The lowest BCUT2D eigenvalue weighted by atomic mass is 10.1. The second-order valence-corrected chi connectivity index (χ2v) is 3.88. The second-order valence-electron chi connectivity index (χ2n) is 3.88. The van der Waals surface area contributed by atoms with E-state index in [-0.39, 0.29) is 11.5 Å². The number of ketones is 1. The van der Waals surface area contributed by atoms with Crippen LogP contribution in [0.15, 0.2) is 60.7 Å². The molecule has 0 radical (unpaired) electrons. The van der Waals surface area contributed by atoms with Crippen LogP contribution in [0.1, 0.15) is 15.9 Å². The van der Waals surface area contributed by atoms with Crippen LogP contribution in [-0.2, 0) is 0 Å². The number of carbonyl (C=O) groups excluding carboxylic acids is 1. The Balaban J connectivity index is 2.24. The minimum atomic E-state index is -0.466. The van der Waals surface area contributed by atoms with Crippen molar-refractivity contribution in [1.82, 2.24) is 0 Å². The van der Waals surface area contributed by atoms with Crippen LogP contribution in [0.5, 0.6) is 0 Å². The monoisotopic (exact) mass is 253 g/mol.